The van der Waals surface area contributed by atoms with Crippen molar-refractivity contribution >= 4 is 17.3 Å². The number of benzene rings is 1. The van der Waals surface area contributed by atoms with Crippen molar-refractivity contribution in [2.45, 2.75) is 13.1 Å². The molecule has 0 spiro atoms. The number of hydrogen-bond donors (Lipinski definition) is 2. The Morgan fingerprint density at radius 3 is 2.58 bits per heavy atom. The molecule has 0 amide bonds. The molecule has 0 radical (unpaired) electrons. The van der Waals surface area contributed by atoms with Crippen molar-refractivity contribution in [2.75, 3.05) is 11.1 Å². The van der Waals surface area contributed by atoms with E-state index < -0.39 is 11.7 Å². The van der Waals surface area contributed by atoms with Gasteiger partial charge in [-0.25, -0.2) is 4.98 Å². The van der Waals surface area contributed by atoms with Crippen LogP contribution in [0.4, 0.5) is 30.5 Å². The molecule has 1 heterocycles. The summed E-state index contributed by atoms with van der Waals surface area (Å²) in [5.74, 6) is 0.483. The molecule has 0 aliphatic carbocycles. The number of anilines is 3. The fourth-order valence-electron chi connectivity index (χ4n) is 1.51. The Bertz CT molecular complexity index is 596. The molecule has 1 aromatic heterocycles. The zero-order valence-corrected chi connectivity index (χ0v) is 9.99. The van der Waals surface area contributed by atoms with Gasteiger partial charge in [0.15, 0.2) is 5.82 Å². The van der Waals surface area contributed by atoms with Gasteiger partial charge in [0.2, 0.25) is 0 Å². The molecule has 2 rings (SSSR count). The third kappa shape index (κ3) is 3.12. The monoisotopic (exact) mass is 268 g/mol. The van der Waals surface area contributed by atoms with Crippen LogP contribution in [0.1, 0.15) is 11.1 Å². The summed E-state index contributed by atoms with van der Waals surface area (Å²) in [5.41, 5.74) is 5.71. The second-order valence-corrected chi connectivity index (χ2v) is 3.98. The summed E-state index contributed by atoms with van der Waals surface area (Å²) < 4.78 is 37.9. The van der Waals surface area contributed by atoms with E-state index >= 15 is 0 Å². The second-order valence-electron chi connectivity index (χ2n) is 3.98. The van der Waals surface area contributed by atoms with E-state index in [1.807, 2.05) is 0 Å². The molecule has 0 aliphatic heterocycles. The lowest BCUT2D eigenvalue weighted by Gasteiger charge is -2.12. The molecule has 19 heavy (non-hydrogen) atoms. The Balaban J connectivity index is 2.34. The van der Waals surface area contributed by atoms with Crippen molar-refractivity contribution in [1.29, 1.82) is 0 Å². The Morgan fingerprint density at radius 2 is 1.95 bits per heavy atom. The Labute approximate surface area is 107 Å². The molecule has 0 atom stereocenters. The highest BCUT2D eigenvalue weighted by Gasteiger charge is 2.30. The third-order valence-electron chi connectivity index (χ3n) is 2.48. The first-order valence-corrected chi connectivity index (χ1v) is 5.38. The Morgan fingerprint density at radius 1 is 1.21 bits per heavy atom. The van der Waals surface area contributed by atoms with Gasteiger partial charge in [0.25, 0.3) is 0 Å². The minimum absolute atomic E-state index is 0.189. The van der Waals surface area contributed by atoms with Gasteiger partial charge < -0.3 is 11.1 Å². The normalized spacial score (nSPS) is 11.4. The minimum Gasteiger partial charge on any atom is -0.382 e. The summed E-state index contributed by atoms with van der Waals surface area (Å²) in [5, 5.41) is 2.77. The highest BCUT2D eigenvalue weighted by Crippen LogP contribution is 2.32. The SMILES string of the molecule is Cc1ccc(C(F)(F)F)cc1Nc1cncc(N)n1. The lowest BCUT2D eigenvalue weighted by molar-refractivity contribution is -0.137. The van der Waals surface area contributed by atoms with E-state index in [0.717, 1.165) is 12.1 Å². The summed E-state index contributed by atoms with van der Waals surface area (Å²) in [4.78, 5) is 7.73. The minimum atomic E-state index is -4.38. The van der Waals surface area contributed by atoms with Gasteiger partial charge in [-0.05, 0) is 24.6 Å². The van der Waals surface area contributed by atoms with E-state index in [9.17, 15) is 13.2 Å². The van der Waals surface area contributed by atoms with Gasteiger partial charge >= 0.3 is 6.18 Å². The fourth-order valence-corrected chi connectivity index (χ4v) is 1.51. The maximum Gasteiger partial charge on any atom is 0.416 e. The first-order valence-electron chi connectivity index (χ1n) is 5.38. The number of aryl methyl sites for hydroxylation is 1. The lowest BCUT2D eigenvalue weighted by atomic mass is 10.1. The summed E-state index contributed by atoms with van der Waals surface area (Å²) in [6, 6.07) is 3.45. The summed E-state index contributed by atoms with van der Waals surface area (Å²) in [6.07, 6.45) is -1.65. The van der Waals surface area contributed by atoms with E-state index in [4.69, 9.17) is 5.73 Å². The van der Waals surface area contributed by atoms with Crippen LogP contribution in [0.3, 0.4) is 0 Å². The van der Waals surface area contributed by atoms with Gasteiger partial charge in [-0.15, -0.1) is 0 Å². The first-order chi connectivity index (χ1) is 8.86. The van der Waals surface area contributed by atoms with Crippen molar-refractivity contribution < 1.29 is 13.2 Å². The number of nitrogens with zero attached hydrogens (tertiary/aromatic N) is 2. The van der Waals surface area contributed by atoms with E-state index in [-0.39, 0.29) is 5.82 Å². The molecular formula is C12H11F3N4. The van der Waals surface area contributed by atoms with Crippen molar-refractivity contribution in [2.24, 2.45) is 0 Å². The second kappa shape index (κ2) is 4.75. The van der Waals surface area contributed by atoms with E-state index in [2.05, 4.69) is 15.3 Å². The maximum absolute atomic E-state index is 12.6. The van der Waals surface area contributed by atoms with Crippen LogP contribution in [0, 0.1) is 6.92 Å². The molecule has 7 heteroatoms. The quantitative estimate of drug-likeness (QED) is 0.878. The number of nitrogens with two attached hydrogens (primary N) is 1. The summed E-state index contributed by atoms with van der Waals surface area (Å²) >= 11 is 0. The summed E-state index contributed by atoms with van der Waals surface area (Å²) in [7, 11) is 0. The van der Waals surface area contributed by atoms with E-state index in [0.29, 0.717) is 17.1 Å². The van der Waals surface area contributed by atoms with Crippen LogP contribution in [0.5, 0.6) is 0 Å². The van der Waals surface area contributed by atoms with Crippen LogP contribution in [-0.4, -0.2) is 9.97 Å². The fraction of sp³-hybridized carbons (Fsp3) is 0.167. The lowest BCUT2D eigenvalue weighted by Crippen LogP contribution is -2.06. The average molecular weight is 268 g/mol. The Kier molecular flexibility index (Phi) is 3.28. The zero-order chi connectivity index (χ0) is 14.0. The maximum atomic E-state index is 12.6. The van der Waals surface area contributed by atoms with Crippen LogP contribution in [0.2, 0.25) is 0 Å². The average Bonchev–Trinajstić information content (AvgIpc) is 2.30. The van der Waals surface area contributed by atoms with Gasteiger partial charge in [0.05, 0.1) is 18.0 Å². The number of hydrogen-bond acceptors (Lipinski definition) is 4. The number of nitrogen functional groups attached to an aromatic ring is 1. The molecule has 0 unspecified atom stereocenters. The molecule has 0 saturated carbocycles. The highest BCUT2D eigenvalue weighted by atomic mass is 19.4. The van der Waals surface area contributed by atoms with Crippen LogP contribution >= 0.6 is 0 Å². The zero-order valence-electron chi connectivity index (χ0n) is 9.99. The molecule has 0 fully saturated rings. The largest absolute Gasteiger partial charge is 0.416 e. The van der Waals surface area contributed by atoms with Gasteiger partial charge in [-0.2, -0.15) is 13.2 Å². The van der Waals surface area contributed by atoms with Crippen molar-refractivity contribution in [3.63, 3.8) is 0 Å². The van der Waals surface area contributed by atoms with Crippen LogP contribution in [-0.2, 0) is 6.18 Å². The molecule has 0 bridgehead atoms. The van der Waals surface area contributed by atoms with Crippen LogP contribution < -0.4 is 11.1 Å². The molecule has 1 aromatic carbocycles. The van der Waals surface area contributed by atoms with E-state index in [1.165, 1.54) is 18.5 Å². The van der Waals surface area contributed by atoms with Gasteiger partial charge in [0, 0.05) is 5.69 Å². The number of alkyl halides is 3. The third-order valence-corrected chi connectivity index (χ3v) is 2.48. The molecule has 0 saturated heterocycles. The van der Waals surface area contributed by atoms with Crippen molar-refractivity contribution in [3.8, 4) is 0 Å². The Hall–Kier alpha value is -2.31. The van der Waals surface area contributed by atoms with Crippen LogP contribution in [0.25, 0.3) is 0 Å². The molecule has 3 N–H and O–H groups in total. The van der Waals surface area contributed by atoms with Gasteiger partial charge in [0.1, 0.15) is 5.82 Å². The molecule has 2 aromatic rings. The summed E-state index contributed by atoms with van der Waals surface area (Å²) in [6.45, 7) is 1.70. The predicted molar refractivity (Wildman–Crippen MR) is 65.9 cm³/mol. The van der Waals surface area contributed by atoms with Crippen molar-refractivity contribution in [3.05, 3.63) is 41.7 Å². The smallest absolute Gasteiger partial charge is 0.382 e. The van der Waals surface area contributed by atoms with Crippen molar-refractivity contribution in [1.82, 2.24) is 9.97 Å². The number of aromatic nitrogens is 2. The standard InChI is InChI=1S/C12H11F3N4/c1-7-2-3-8(12(13,14)15)4-9(7)18-11-6-17-5-10(16)19-11/h2-6H,1H3,(H3,16,18,19). The van der Waals surface area contributed by atoms with E-state index in [1.54, 1.807) is 6.92 Å². The highest BCUT2D eigenvalue weighted by molar-refractivity contribution is 5.61. The number of halogens is 3. The molecular weight excluding hydrogens is 257 g/mol. The van der Waals surface area contributed by atoms with Gasteiger partial charge in [-0.1, -0.05) is 6.07 Å². The number of nitrogens with one attached hydrogen (secondary N) is 1. The first kappa shape index (κ1) is 13.1. The number of rotatable bonds is 2. The molecule has 100 valence electrons. The molecule has 0 aliphatic rings. The predicted octanol–water partition coefficient (Wildman–Crippen LogP) is 3.13. The molecule has 4 nitrogen and oxygen atoms in total. The van der Waals surface area contributed by atoms with Gasteiger partial charge in [-0.3, -0.25) is 4.98 Å². The topological polar surface area (TPSA) is 63.8 Å². The van der Waals surface area contributed by atoms with Crippen LogP contribution in [0.15, 0.2) is 30.6 Å².